The second kappa shape index (κ2) is 7.13. The molecule has 0 amide bonds. The van der Waals surface area contributed by atoms with Crippen LogP contribution in [0.3, 0.4) is 0 Å². The fourth-order valence-electron chi connectivity index (χ4n) is 1.67. The Morgan fingerprint density at radius 1 is 1.22 bits per heavy atom. The van der Waals surface area contributed by atoms with Gasteiger partial charge in [0.05, 0.1) is 19.1 Å². The van der Waals surface area contributed by atoms with E-state index in [-0.39, 0.29) is 13.0 Å². The molecule has 0 spiro atoms. The summed E-state index contributed by atoms with van der Waals surface area (Å²) in [6.07, 6.45) is -1.50. The molecule has 1 aromatic rings. The summed E-state index contributed by atoms with van der Waals surface area (Å²) in [4.78, 5) is 11.2. The third-order valence-corrected chi connectivity index (χ3v) is 2.78. The molecule has 0 aromatic heterocycles. The van der Waals surface area contributed by atoms with Crippen LogP contribution < -0.4 is 0 Å². The number of hydrogen-bond acceptors (Lipinski definition) is 4. The number of hydrogen-bond donors (Lipinski definition) is 2. The largest absolute Gasteiger partial charge is 0.466 e. The van der Waals surface area contributed by atoms with Gasteiger partial charge in [-0.25, -0.2) is 0 Å². The number of aryl methyl sites for hydroxylation is 1. The molecule has 4 nitrogen and oxygen atoms in total. The van der Waals surface area contributed by atoms with E-state index in [9.17, 15) is 15.0 Å². The molecule has 2 unspecified atom stereocenters. The molecule has 1 aromatic carbocycles. The Morgan fingerprint density at radius 2 is 1.83 bits per heavy atom. The van der Waals surface area contributed by atoms with Gasteiger partial charge >= 0.3 is 5.97 Å². The predicted molar refractivity (Wildman–Crippen MR) is 68.0 cm³/mol. The molecule has 2 atom stereocenters. The highest BCUT2D eigenvalue weighted by molar-refractivity contribution is 5.70. The van der Waals surface area contributed by atoms with Crippen molar-refractivity contribution >= 4 is 5.97 Å². The lowest BCUT2D eigenvalue weighted by Gasteiger charge is -2.17. The highest BCUT2D eigenvalue weighted by atomic mass is 16.5. The Labute approximate surface area is 107 Å². The molecular weight excluding hydrogens is 232 g/mol. The highest BCUT2D eigenvalue weighted by Gasteiger charge is 2.21. The zero-order valence-corrected chi connectivity index (χ0v) is 10.8. The summed E-state index contributed by atoms with van der Waals surface area (Å²) in [7, 11) is 0. The van der Waals surface area contributed by atoms with Gasteiger partial charge in [-0.3, -0.25) is 4.79 Å². The van der Waals surface area contributed by atoms with Gasteiger partial charge in [0.25, 0.3) is 0 Å². The standard InChI is InChI=1S/C14H20O4/c1-3-10-5-7-11(8-6-10)14(17)12(15)9-13(16)18-4-2/h5-8,12,14-15,17H,3-4,9H2,1-2H3. The normalized spacial score (nSPS) is 14.0. The Balaban J connectivity index is 2.61. The fourth-order valence-corrected chi connectivity index (χ4v) is 1.67. The minimum Gasteiger partial charge on any atom is -0.466 e. The number of benzene rings is 1. The first-order valence-corrected chi connectivity index (χ1v) is 6.19. The van der Waals surface area contributed by atoms with Crippen molar-refractivity contribution < 1.29 is 19.7 Å². The summed E-state index contributed by atoms with van der Waals surface area (Å²) < 4.78 is 4.73. The maximum Gasteiger partial charge on any atom is 0.308 e. The summed E-state index contributed by atoms with van der Waals surface area (Å²) in [5.74, 6) is -0.505. The van der Waals surface area contributed by atoms with E-state index in [0.717, 1.165) is 12.0 Å². The van der Waals surface area contributed by atoms with Crippen LogP contribution in [0.5, 0.6) is 0 Å². The first-order valence-electron chi connectivity index (χ1n) is 6.19. The number of rotatable bonds is 6. The Kier molecular flexibility index (Phi) is 5.82. The van der Waals surface area contributed by atoms with Crippen molar-refractivity contribution in [2.75, 3.05) is 6.61 Å². The van der Waals surface area contributed by atoms with Gasteiger partial charge in [-0.1, -0.05) is 31.2 Å². The van der Waals surface area contributed by atoms with Crippen molar-refractivity contribution in [3.8, 4) is 0 Å². The summed E-state index contributed by atoms with van der Waals surface area (Å²) in [5.41, 5.74) is 1.76. The maximum absolute atomic E-state index is 11.2. The zero-order valence-electron chi connectivity index (χ0n) is 10.8. The summed E-state index contributed by atoms with van der Waals surface area (Å²) in [6, 6.07) is 7.32. The predicted octanol–water partition coefficient (Wildman–Crippen LogP) is 1.60. The molecule has 0 bridgehead atoms. The minimum atomic E-state index is -1.14. The van der Waals surface area contributed by atoms with Crippen LogP contribution in [0.25, 0.3) is 0 Å². The molecule has 0 aliphatic heterocycles. The van der Waals surface area contributed by atoms with Crippen LogP contribution in [0, 0.1) is 0 Å². The molecule has 0 heterocycles. The van der Waals surface area contributed by atoms with Gasteiger partial charge in [0, 0.05) is 0 Å². The van der Waals surface area contributed by atoms with Crippen LogP contribution in [0.2, 0.25) is 0 Å². The van der Waals surface area contributed by atoms with Gasteiger partial charge in [-0.05, 0) is 24.5 Å². The van der Waals surface area contributed by atoms with Crippen molar-refractivity contribution in [3.63, 3.8) is 0 Å². The zero-order chi connectivity index (χ0) is 13.5. The quantitative estimate of drug-likeness (QED) is 0.755. The molecule has 1 rings (SSSR count). The van der Waals surface area contributed by atoms with Crippen molar-refractivity contribution in [1.82, 2.24) is 0 Å². The molecule has 4 heteroatoms. The lowest BCUT2D eigenvalue weighted by atomic mass is 10.0. The fraction of sp³-hybridized carbons (Fsp3) is 0.500. The SMILES string of the molecule is CCOC(=O)CC(O)C(O)c1ccc(CC)cc1. The molecule has 2 N–H and O–H groups in total. The van der Waals surface area contributed by atoms with Crippen molar-refractivity contribution in [2.24, 2.45) is 0 Å². The van der Waals surface area contributed by atoms with E-state index in [1.807, 2.05) is 19.1 Å². The third-order valence-electron chi connectivity index (χ3n) is 2.78. The lowest BCUT2D eigenvalue weighted by molar-refractivity contribution is -0.147. The van der Waals surface area contributed by atoms with E-state index in [1.54, 1.807) is 19.1 Å². The number of esters is 1. The number of aliphatic hydroxyl groups is 2. The van der Waals surface area contributed by atoms with Crippen LogP contribution in [-0.2, 0) is 16.0 Å². The molecule has 0 aliphatic rings. The molecule has 0 radical (unpaired) electrons. The van der Waals surface area contributed by atoms with E-state index in [1.165, 1.54) is 0 Å². The molecule has 0 fully saturated rings. The first kappa shape index (κ1) is 14.7. The van der Waals surface area contributed by atoms with Crippen LogP contribution in [0.15, 0.2) is 24.3 Å². The Hall–Kier alpha value is -1.39. The van der Waals surface area contributed by atoms with Crippen LogP contribution >= 0.6 is 0 Å². The molecule has 0 saturated heterocycles. The summed E-state index contributed by atoms with van der Waals surface area (Å²) in [5, 5.41) is 19.7. The number of aliphatic hydroxyl groups excluding tert-OH is 2. The van der Waals surface area contributed by atoms with E-state index >= 15 is 0 Å². The van der Waals surface area contributed by atoms with Crippen LogP contribution in [-0.4, -0.2) is 28.9 Å². The molecule has 100 valence electrons. The van der Waals surface area contributed by atoms with Gasteiger partial charge in [-0.2, -0.15) is 0 Å². The average molecular weight is 252 g/mol. The highest BCUT2D eigenvalue weighted by Crippen LogP contribution is 2.20. The lowest BCUT2D eigenvalue weighted by Crippen LogP contribution is -2.23. The minimum absolute atomic E-state index is 0.204. The van der Waals surface area contributed by atoms with Crippen LogP contribution in [0.4, 0.5) is 0 Å². The van der Waals surface area contributed by atoms with E-state index in [0.29, 0.717) is 5.56 Å². The first-order chi connectivity index (χ1) is 8.58. The maximum atomic E-state index is 11.2. The van der Waals surface area contributed by atoms with Crippen LogP contribution in [0.1, 0.15) is 37.5 Å². The number of carbonyl (C=O) groups is 1. The van der Waals surface area contributed by atoms with Gasteiger partial charge in [-0.15, -0.1) is 0 Å². The third kappa shape index (κ3) is 4.13. The van der Waals surface area contributed by atoms with E-state index in [4.69, 9.17) is 4.74 Å². The molecule has 0 saturated carbocycles. The average Bonchev–Trinajstić information content (AvgIpc) is 2.38. The number of ether oxygens (including phenoxy) is 1. The monoisotopic (exact) mass is 252 g/mol. The Morgan fingerprint density at radius 3 is 2.33 bits per heavy atom. The smallest absolute Gasteiger partial charge is 0.308 e. The second-order valence-corrected chi connectivity index (χ2v) is 4.12. The van der Waals surface area contributed by atoms with Crippen molar-refractivity contribution in [3.05, 3.63) is 35.4 Å². The molecule has 18 heavy (non-hydrogen) atoms. The summed E-state index contributed by atoms with van der Waals surface area (Å²) >= 11 is 0. The van der Waals surface area contributed by atoms with Crippen molar-refractivity contribution in [2.45, 2.75) is 38.9 Å². The van der Waals surface area contributed by atoms with E-state index < -0.39 is 18.2 Å². The van der Waals surface area contributed by atoms with E-state index in [2.05, 4.69) is 0 Å². The molecular formula is C14H20O4. The van der Waals surface area contributed by atoms with Gasteiger partial charge in [0.15, 0.2) is 0 Å². The molecule has 0 aliphatic carbocycles. The van der Waals surface area contributed by atoms with Crippen molar-refractivity contribution in [1.29, 1.82) is 0 Å². The Bertz CT molecular complexity index is 372. The van der Waals surface area contributed by atoms with Gasteiger partial charge in [0.2, 0.25) is 0 Å². The van der Waals surface area contributed by atoms with Gasteiger partial charge < -0.3 is 14.9 Å². The van der Waals surface area contributed by atoms with Gasteiger partial charge in [0.1, 0.15) is 6.10 Å². The second-order valence-electron chi connectivity index (χ2n) is 4.12. The summed E-state index contributed by atoms with van der Waals surface area (Å²) in [6.45, 7) is 4.01. The number of carbonyl (C=O) groups excluding carboxylic acids is 1. The topological polar surface area (TPSA) is 66.8 Å².